The van der Waals surface area contributed by atoms with E-state index < -0.39 is 5.79 Å². The standard InChI is InChI=1S/C21H37NO2/c1-4-5-6-7-8-9-13-17-21(23-2,24-3)18-14-19-22-20-15-11-10-12-16-20/h10-12,15-16,22H,4-9,13-14,17-19H2,1-3H3. The van der Waals surface area contributed by atoms with Crippen LogP contribution in [0.2, 0.25) is 0 Å². The van der Waals surface area contributed by atoms with E-state index in [-0.39, 0.29) is 0 Å². The van der Waals surface area contributed by atoms with Crippen molar-refractivity contribution in [3.63, 3.8) is 0 Å². The second kappa shape index (κ2) is 13.3. The highest BCUT2D eigenvalue weighted by molar-refractivity contribution is 5.42. The highest BCUT2D eigenvalue weighted by atomic mass is 16.7. The van der Waals surface area contributed by atoms with Gasteiger partial charge in [-0.25, -0.2) is 0 Å². The van der Waals surface area contributed by atoms with Gasteiger partial charge in [0.05, 0.1) is 0 Å². The first-order chi connectivity index (χ1) is 11.8. The number of benzene rings is 1. The van der Waals surface area contributed by atoms with E-state index in [0.717, 1.165) is 25.8 Å². The lowest BCUT2D eigenvalue weighted by molar-refractivity contribution is -0.215. The topological polar surface area (TPSA) is 30.5 Å². The van der Waals surface area contributed by atoms with E-state index in [4.69, 9.17) is 9.47 Å². The molecule has 0 aromatic heterocycles. The van der Waals surface area contributed by atoms with Gasteiger partial charge in [-0.1, -0.05) is 63.6 Å². The Hall–Kier alpha value is -1.06. The van der Waals surface area contributed by atoms with Gasteiger partial charge in [0, 0.05) is 39.3 Å². The van der Waals surface area contributed by atoms with Gasteiger partial charge in [-0.05, 0) is 25.0 Å². The normalized spacial score (nSPS) is 11.6. The molecule has 0 bridgehead atoms. The Morgan fingerprint density at radius 3 is 2.00 bits per heavy atom. The molecule has 0 spiro atoms. The lowest BCUT2D eigenvalue weighted by Gasteiger charge is -2.31. The zero-order valence-corrected chi connectivity index (χ0v) is 16.0. The minimum atomic E-state index is -0.415. The Kier molecular flexibility index (Phi) is 11.6. The summed E-state index contributed by atoms with van der Waals surface area (Å²) in [5, 5.41) is 3.45. The van der Waals surface area contributed by atoms with Crippen molar-refractivity contribution in [2.45, 2.75) is 76.9 Å². The summed E-state index contributed by atoms with van der Waals surface area (Å²) in [6.45, 7) is 3.20. The fourth-order valence-corrected chi connectivity index (χ4v) is 3.11. The highest BCUT2D eigenvalue weighted by Gasteiger charge is 2.28. The number of hydrogen-bond donors (Lipinski definition) is 1. The Bertz CT molecular complexity index is 390. The summed E-state index contributed by atoms with van der Waals surface area (Å²) in [6, 6.07) is 10.3. The lowest BCUT2D eigenvalue weighted by Crippen LogP contribution is -2.34. The first-order valence-corrected chi connectivity index (χ1v) is 9.65. The predicted octanol–water partition coefficient (Wildman–Crippen LogP) is 6.01. The van der Waals surface area contributed by atoms with Gasteiger partial charge < -0.3 is 14.8 Å². The van der Waals surface area contributed by atoms with Gasteiger partial charge in [0.2, 0.25) is 0 Å². The fraction of sp³-hybridized carbons (Fsp3) is 0.714. The molecule has 0 aliphatic rings. The van der Waals surface area contributed by atoms with Crippen LogP contribution in [0, 0.1) is 0 Å². The molecular weight excluding hydrogens is 298 g/mol. The first kappa shape index (κ1) is 21.0. The fourth-order valence-electron chi connectivity index (χ4n) is 3.11. The van der Waals surface area contributed by atoms with Crippen molar-refractivity contribution in [3.8, 4) is 0 Å². The van der Waals surface area contributed by atoms with E-state index in [9.17, 15) is 0 Å². The summed E-state index contributed by atoms with van der Waals surface area (Å²) in [5.41, 5.74) is 1.17. The van der Waals surface area contributed by atoms with Gasteiger partial charge in [-0.3, -0.25) is 0 Å². The van der Waals surface area contributed by atoms with E-state index >= 15 is 0 Å². The monoisotopic (exact) mass is 335 g/mol. The molecule has 0 aliphatic carbocycles. The largest absolute Gasteiger partial charge is 0.385 e. The van der Waals surface area contributed by atoms with Crippen LogP contribution in [0.25, 0.3) is 0 Å². The van der Waals surface area contributed by atoms with Crippen LogP contribution >= 0.6 is 0 Å². The zero-order chi connectivity index (χ0) is 17.5. The molecule has 0 saturated carbocycles. The second-order valence-corrected chi connectivity index (χ2v) is 6.59. The summed E-state index contributed by atoms with van der Waals surface area (Å²) in [6.07, 6.45) is 12.2. The number of rotatable bonds is 15. The predicted molar refractivity (Wildman–Crippen MR) is 104 cm³/mol. The summed E-state index contributed by atoms with van der Waals surface area (Å²) >= 11 is 0. The third-order valence-corrected chi connectivity index (χ3v) is 4.74. The van der Waals surface area contributed by atoms with Crippen LogP contribution in [-0.4, -0.2) is 26.6 Å². The zero-order valence-electron chi connectivity index (χ0n) is 16.0. The summed E-state index contributed by atoms with van der Waals surface area (Å²) in [4.78, 5) is 0. The highest BCUT2D eigenvalue weighted by Crippen LogP contribution is 2.26. The Labute approximate surface area is 149 Å². The van der Waals surface area contributed by atoms with Crippen LogP contribution in [0.1, 0.15) is 71.1 Å². The quantitative estimate of drug-likeness (QED) is 0.314. The minimum absolute atomic E-state index is 0.415. The van der Waals surface area contributed by atoms with Gasteiger partial charge in [0.1, 0.15) is 0 Å². The smallest absolute Gasteiger partial charge is 0.167 e. The van der Waals surface area contributed by atoms with E-state index in [1.165, 1.54) is 50.6 Å². The second-order valence-electron chi connectivity index (χ2n) is 6.59. The SMILES string of the molecule is CCCCCCCCCC(CCCNc1ccccc1)(OC)OC. The number of unbranched alkanes of at least 4 members (excludes halogenated alkanes) is 6. The molecule has 1 N–H and O–H groups in total. The first-order valence-electron chi connectivity index (χ1n) is 9.65. The molecule has 1 aromatic carbocycles. The molecule has 1 aromatic rings. The van der Waals surface area contributed by atoms with E-state index in [1.54, 1.807) is 14.2 Å². The number of anilines is 1. The van der Waals surface area contributed by atoms with Crippen LogP contribution in [0.3, 0.4) is 0 Å². The maximum Gasteiger partial charge on any atom is 0.167 e. The summed E-state index contributed by atoms with van der Waals surface area (Å²) < 4.78 is 11.5. The molecule has 0 heterocycles. The van der Waals surface area contributed by atoms with Crippen LogP contribution in [0.4, 0.5) is 5.69 Å². The average Bonchev–Trinajstić information content (AvgIpc) is 2.64. The molecule has 1 rings (SSSR count). The number of para-hydroxylation sites is 1. The van der Waals surface area contributed by atoms with E-state index in [1.807, 2.05) is 6.07 Å². The number of ether oxygens (including phenoxy) is 2. The van der Waals surface area contributed by atoms with Crippen molar-refractivity contribution < 1.29 is 9.47 Å². The van der Waals surface area contributed by atoms with Gasteiger partial charge in [-0.15, -0.1) is 0 Å². The van der Waals surface area contributed by atoms with Gasteiger partial charge in [-0.2, -0.15) is 0 Å². The molecule has 0 saturated heterocycles. The number of hydrogen-bond acceptors (Lipinski definition) is 3. The van der Waals surface area contributed by atoms with Crippen molar-refractivity contribution in [3.05, 3.63) is 30.3 Å². The molecule has 3 heteroatoms. The van der Waals surface area contributed by atoms with Crippen LogP contribution < -0.4 is 5.32 Å². The van der Waals surface area contributed by atoms with Gasteiger partial charge >= 0.3 is 0 Å². The molecule has 0 fully saturated rings. The molecule has 3 nitrogen and oxygen atoms in total. The average molecular weight is 336 g/mol. The van der Waals surface area contributed by atoms with Gasteiger partial charge in [0.25, 0.3) is 0 Å². The van der Waals surface area contributed by atoms with Gasteiger partial charge in [0.15, 0.2) is 5.79 Å². The van der Waals surface area contributed by atoms with Crippen LogP contribution in [0.5, 0.6) is 0 Å². The molecule has 0 unspecified atom stereocenters. The van der Waals surface area contributed by atoms with E-state index in [2.05, 4.69) is 36.5 Å². The van der Waals surface area contributed by atoms with Crippen molar-refractivity contribution in [2.24, 2.45) is 0 Å². The summed E-state index contributed by atoms with van der Waals surface area (Å²) in [7, 11) is 3.55. The molecule has 0 amide bonds. The van der Waals surface area contributed by atoms with Crippen LogP contribution in [-0.2, 0) is 9.47 Å². The maximum absolute atomic E-state index is 5.73. The molecule has 0 aliphatic heterocycles. The van der Waals surface area contributed by atoms with Crippen LogP contribution in [0.15, 0.2) is 30.3 Å². The summed E-state index contributed by atoms with van der Waals surface area (Å²) in [5.74, 6) is -0.415. The third kappa shape index (κ3) is 8.70. The molecule has 24 heavy (non-hydrogen) atoms. The van der Waals surface area contributed by atoms with Crippen molar-refractivity contribution in [2.75, 3.05) is 26.1 Å². The van der Waals surface area contributed by atoms with Crippen molar-refractivity contribution in [1.82, 2.24) is 0 Å². The number of nitrogens with one attached hydrogen (secondary N) is 1. The lowest BCUT2D eigenvalue weighted by atomic mass is 10.0. The Morgan fingerprint density at radius 2 is 1.38 bits per heavy atom. The molecule has 0 atom stereocenters. The molecular formula is C21H37NO2. The van der Waals surface area contributed by atoms with E-state index in [0.29, 0.717) is 0 Å². The van der Waals surface area contributed by atoms with Crippen molar-refractivity contribution >= 4 is 5.69 Å². The third-order valence-electron chi connectivity index (χ3n) is 4.74. The van der Waals surface area contributed by atoms with Crippen molar-refractivity contribution in [1.29, 1.82) is 0 Å². The molecule has 138 valence electrons. The number of methoxy groups -OCH3 is 2. The minimum Gasteiger partial charge on any atom is -0.385 e. The Morgan fingerprint density at radius 1 is 0.792 bits per heavy atom. The maximum atomic E-state index is 5.73. The Balaban J connectivity index is 2.20. The molecule has 0 radical (unpaired) electrons.